The van der Waals surface area contributed by atoms with E-state index in [4.69, 9.17) is 4.74 Å². The van der Waals surface area contributed by atoms with Crippen LogP contribution >= 0.6 is 0 Å². The number of nitro groups is 1. The van der Waals surface area contributed by atoms with Gasteiger partial charge in [0.2, 0.25) is 5.88 Å². The number of nitrogens with zero attached hydrogens (tertiary/aromatic N) is 2. The van der Waals surface area contributed by atoms with E-state index in [-0.39, 0.29) is 5.69 Å². The Hall–Kier alpha value is -2.76. The third-order valence-electron chi connectivity index (χ3n) is 3.08. The number of aldehydes is 1. The fourth-order valence-corrected chi connectivity index (χ4v) is 1.94. The number of hydrogen-bond acceptors (Lipinski definition) is 5. The maximum Gasteiger partial charge on any atom is 0.272 e. The lowest BCUT2D eigenvalue weighted by atomic mass is 10.1. The average molecular weight is 286 g/mol. The Balaban J connectivity index is 2.38. The molecule has 0 fully saturated rings. The molecule has 0 atom stereocenters. The Kier molecular flexibility index (Phi) is 3.98. The highest BCUT2D eigenvalue weighted by Gasteiger charge is 2.15. The van der Waals surface area contributed by atoms with E-state index in [9.17, 15) is 14.9 Å². The topological polar surface area (TPSA) is 82.3 Å². The van der Waals surface area contributed by atoms with Crippen LogP contribution in [0.5, 0.6) is 11.6 Å². The summed E-state index contributed by atoms with van der Waals surface area (Å²) in [6.45, 7) is 5.17. The van der Waals surface area contributed by atoms with Crippen LogP contribution in [0.1, 0.15) is 27.0 Å². The zero-order valence-electron chi connectivity index (χ0n) is 11.9. The molecule has 6 heteroatoms. The van der Waals surface area contributed by atoms with Crippen LogP contribution in [-0.4, -0.2) is 16.2 Å². The number of pyridine rings is 1. The molecular weight excluding hydrogens is 272 g/mol. The summed E-state index contributed by atoms with van der Waals surface area (Å²) in [5.41, 5.74) is 2.41. The van der Waals surface area contributed by atoms with Crippen molar-refractivity contribution in [2.24, 2.45) is 0 Å². The summed E-state index contributed by atoms with van der Waals surface area (Å²) in [5, 5.41) is 10.9. The number of carbonyl (C=O) groups is 1. The fraction of sp³-hybridized carbons (Fsp3) is 0.200. The molecule has 0 radical (unpaired) electrons. The molecule has 0 aliphatic carbocycles. The molecule has 2 rings (SSSR count). The van der Waals surface area contributed by atoms with Gasteiger partial charge in [-0.05, 0) is 38.5 Å². The second kappa shape index (κ2) is 5.70. The van der Waals surface area contributed by atoms with Crippen LogP contribution in [0.3, 0.4) is 0 Å². The minimum atomic E-state index is -0.422. The third kappa shape index (κ3) is 3.05. The lowest BCUT2D eigenvalue weighted by Crippen LogP contribution is -1.98. The van der Waals surface area contributed by atoms with Crippen LogP contribution in [0, 0.1) is 30.9 Å². The van der Waals surface area contributed by atoms with Crippen LogP contribution in [0.15, 0.2) is 24.4 Å². The fourth-order valence-electron chi connectivity index (χ4n) is 1.94. The molecule has 0 amide bonds. The molecule has 0 spiro atoms. The maximum atomic E-state index is 10.9. The molecular formula is C15H14N2O4. The highest BCUT2D eigenvalue weighted by Crippen LogP contribution is 2.31. The molecule has 0 saturated carbocycles. The molecule has 0 N–H and O–H groups in total. The van der Waals surface area contributed by atoms with Gasteiger partial charge in [0.25, 0.3) is 5.69 Å². The Bertz CT molecular complexity index is 726. The van der Waals surface area contributed by atoms with Gasteiger partial charge in [-0.15, -0.1) is 0 Å². The van der Waals surface area contributed by atoms with E-state index in [1.54, 1.807) is 32.9 Å². The van der Waals surface area contributed by atoms with Crippen molar-refractivity contribution in [3.63, 3.8) is 0 Å². The van der Waals surface area contributed by atoms with E-state index in [1.165, 1.54) is 12.3 Å². The number of rotatable bonds is 4. The largest absolute Gasteiger partial charge is 0.438 e. The monoisotopic (exact) mass is 286 g/mol. The number of aryl methyl sites for hydroxylation is 3. The van der Waals surface area contributed by atoms with E-state index in [0.717, 1.165) is 5.56 Å². The van der Waals surface area contributed by atoms with Gasteiger partial charge in [0, 0.05) is 29.0 Å². The van der Waals surface area contributed by atoms with Gasteiger partial charge in [0.15, 0.2) is 6.29 Å². The first-order valence-corrected chi connectivity index (χ1v) is 6.27. The van der Waals surface area contributed by atoms with Gasteiger partial charge in [-0.3, -0.25) is 14.9 Å². The van der Waals surface area contributed by atoms with Crippen molar-refractivity contribution < 1.29 is 14.5 Å². The third-order valence-corrected chi connectivity index (χ3v) is 3.08. The van der Waals surface area contributed by atoms with E-state index in [2.05, 4.69) is 4.98 Å². The van der Waals surface area contributed by atoms with E-state index in [0.29, 0.717) is 34.6 Å². The summed E-state index contributed by atoms with van der Waals surface area (Å²) in [7, 11) is 0. The molecule has 108 valence electrons. The molecule has 0 bridgehead atoms. The average Bonchev–Trinajstić information content (AvgIpc) is 2.44. The quantitative estimate of drug-likeness (QED) is 0.488. The summed E-state index contributed by atoms with van der Waals surface area (Å²) < 4.78 is 5.71. The maximum absolute atomic E-state index is 10.9. The summed E-state index contributed by atoms with van der Waals surface area (Å²) in [6, 6.07) is 4.75. The summed E-state index contributed by atoms with van der Waals surface area (Å²) in [4.78, 5) is 25.2. The van der Waals surface area contributed by atoms with Crippen molar-refractivity contribution in [1.82, 2.24) is 4.98 Å². The van der Waals surface area contributed by atoms with Crippen molar-refractivity contribution in [1.29, 1.82) is 0 Å². The van der Waals surface area contributed by atoms with Crippen molar-refractivity contribution in [3.8, 4) is 11.6 Å². The number of nitro benzene ring substituents is 1. The van der Waals surface area contributed by atoms with Gasteiger partial charge in [-0.2, -0.15) is 0 Å². The van der Waals surface area contributed by atoms with Gasteiger partial charge in [-0.25, -0.2) is 4.98 Å². The zero-order chi connectivity index (χ0) is 15.6. The lowest BCUT2D eigenvalue weighted by Gasteiger charge is -2.11. The molecule has 21 heavy (non-hydrogen) atoms. The SMILES string of the molecule is Cc1cc([N+](=O)[O-])c(C)cc1Oc1ncc(C=O)cc1C. The number of hydrogen-bond donors (Lipinski definition) is 0. The normalized spacial score (nSPS) is 10.2. The summed E-state index contributed by atoms with van der Waals surface area (Å²) in [5.74, 6) is 0.879. The number of ether oxygens (including phenoxy) is 1. The molecule has 1 aromatic heterocycles. The molecule has 0 unspecified atom stereocenters. The van der Waals surface area contributed by atoms with Crippen molar-refractivity contribution in [2.45, 2.75) is 20.8 Å². The van der Waals surface area contributed by atoms with Crippen molar-refractivity contribution in [3.05, 3.63) is 56.8 Å². The van der Waals surface area contributed by atoms with Crippen molar-refractivity contribution in [2.75, 3.05) is 0 Å². The highest BCUT2D eigenvalue weighted by molar-refractivity contribution is 5.74. The van der Waals surface area contributed by atoms with Crippen LogP contribution in [-0.2, 0) is 0 Å². The number of aromatic nitrogens is 1. The Morgan fingerprint density at radius 3 is 2.43 bits per heavy atom. The Morgan fingerprint density at radius 1 is 1.14 bits per heavy atom. The molecule has 1 aromatic carbocycles. The minimum Gasteiger partial charge on any atom is -0.438 e. The predicted octanol–water partition coefficient (Wildman–Crippen LogP) is 3.52. The smallest absolute Gasteiger partial charge is 0.272 e. The van der Waals surface area contributed by atoms with Gasteiger partial charge in [-0.1, -0.05) is 0 Å². The number of benzene rings is 1. The summed E-state index contributed by atoms with van der Waals surface area (Å²) in [6.07, 6.45) is 2.13. The minimum absolute atomic E-state index is 0.0563. The van der Waals surface area contributed by atoms with Crippen LogP contribution in [0.2, 0.25) is 0 Å². The van der Waals surface area contributed by atoms with Crippen molar-refractivity contribution >= 4 is 12.0 Å². The van der Waals surface area contributed by atoms with E-state index >= 15 is 0 Å². The van der Waals surface area contributed by atoms with E-state index in [1.807, 2.05) is 0 Å². The second-order valence-electron chi connectivity index (χ2n) is 4.77. The molecule has 0 aliphatic rings. The molecule has 2 aromatic rings. The predicted molar refractivity (Wildman–Crippen MR) is 77.0 cm³/mol. The first kappa shape index (κ1) is 14.6. The van der Waals surface area contributed by atoms with Crippen LogP contribution in [0.25, 0.3) is 0 Å². The van der Waals surface area contributed by atoms with Gasteiger partial charge >= 0.3 is 0 Å². The standard InChI is InChI=1S/C15H14N2O4/c1-9-6-14(10(2)5-13(9)17(19)20)21-15-11(3)4-12(8-18)7-16-15/h4-8H,1-3H3. The van der Waals surface area contributed by atoms with Gasteiger partial charge in [0.05, 0.1) is 4.92 Å². The summed E-state index contributed by atoms with van der Waals surface area (Å²) >= 11 is 0. The number of carbonyl (C=O) groups excluding carboxylic acids is 1. The van der Waals surface area contributed by atoms with E-state index < -0.39 is 4.92 Å². The highest BCUT2D eigenvalue weighted by atomic mass is 16.6. The Morgan fingerprint density at radius 2 is 1.86 bits per heavy atom. The zero-order valence-corrected chi connectivity index (χ0v) is 11.9. The second-order valence-corrected chi connectivity index (χ2v) is 4.77. The lowest BCUT2D eigenvalue weighted by molar-refractivity contribution is -0.385. The van der Waals surface area contributed by atoms with Gasteiger partial charge in [0.1, 0.15) is 5.75 Å². The molecule has 0 aliphatic heterocycles. The molecule has 0 saturated heterocycles. The first-order chi connectivity index (χ1) is 9.92. The molecule has 1 heterocycles. The Labute approximate surface area is 121 Å². The first-order valence-electron chi connectivity index (χ1n) is 6.27. The molecule has 6 nitrogen and oxygen atoms in total. The van der Waals surface area contributed by atoms with Gasteiger partial charge < -0.3 is 4.74 Å². The van der Waals surface area contributed by atoms with Crippen LogP contribution < -0.4 is 4.74 Å². The van der Waals surface area contributed by atoms with Crippen LogP contribution in [0.4, 0.5) is 5.69 Å².